The molecular formula is C14H19NO3. The number of ether oxygens (including phenoxy) is 1. The van der Waals surface area contributed by atoms with Crippen molar-refractivity contribution in [3.63, 3.8) is 0 Å². The summed E-state index contributed by atoms with van der Waals surface area (Å²) in [5, 5.41) is 13.1. The van der Waals surface area contributed by atoms with Gasteiger partial charge in [-0.15, -0.1) is 0 Å². The zero-order valence-electron chi connectivity index (χ0n) is 10.5. The van der Waals surface area contributed by atoms with Crippen LogP contribution in [0.1, 0.15) is 24.5 Å². The van der Waals surface area contributed by atoms with Crippen LogP contribution < -0.4 is 5.32 Å². The van der Waals surface area contributed by atoms with Gasteiger partial charge in [0.2, 0.25) is 0 Å². The minimum absolute atomic E-state index is 0.238. The Bertz CT molecular complexity index is 389. The Hall–Kier alpha value is -1.39. The second-order valence-electron chi connectivity index (χ2n) is 4.67. The molecule has 18 heavy (non-hydrogen) atoms. The van der Waals surface area contributed by atoms with Crippen LogP contribution in [0.3, 0.4) is 0 Å². The molecule has 0 aromatic heterocycles. The molecule has 0 bridgehead atoms. The molecule has 1 aliphatic rings. The zero-order chi connectivity index (χ0) is 13.0. The zero-order valence-corrected chi connectivity index (χ0v) is 10.5. The molecule has 98 valence electrons. The standard InChI is InChI=1S/C14H19NO3/c1-18-14(17)13(11-7-8-11)15-9-12(16)10-5-3-2-4-6-10/h2-6,11-13,15-16H,7-9H2,1H3. The van der Waals surface area contributed by atoms with Crippen molar-refractivity contribution in [1.29, 1.82) is 0 Å². The van der Waals surface area contributed by atoms with Crippen LogP contribution in [0.5, 0.6) is 0 Å². The van der Waals surface area contributed by atoms with Gasteiger partial charge in [-0.3, -0.25) is 4.79 Å². The Morgan fingerprint density at radius 2 is 2.11 bits per heavy atom. The number of carbonyl (C=O) groups is 1. The van der Waals surface area contributed by atoms with E-state index in [9.17, 15) is 9.90 Å². The van der Waals surface area contributed by atoms with Gasteiger partial charge in [-0.05, 0) is 24.3 Å². The Balaban J connectivity index is 1.87. The van der Waals surface area contributed by atoms with Crippen molar-refractivity contribution in [2.24, 2.45) is 5.92 Å². The van der Waals surface area contributed by atoms with E-state index in [0.717, 1.165) is 18.4 Å². The minimum atomic E-state index is -0.600. The van der Waals surface area contributed by atoms with E-state index in [0.29, 0.717) is 12.5 Å². The van der Waals surface area contributed by atoms with Crippen LogP contribution >= 0.6 is 0 Å². The summed E-state index contributed by atoms with van der Waals surface area (Å²) in [6.45, 7) is 0.361. The monoisotopic (exact) mass is 249 g/mol. The number of rotatable bonds is 6. The van der Waals surface area contributed by atoms with E-state index >= 15 is 0 Å². The summed E-state index contributed by atoms with van der Waals surface area (Å²) in [7, 11) is 1.40. The lowest BCUT2D eigenvalue weighted by Gasteiger charge is -2.18. The molecule has 0 radical (unpaired) electrons. The van der Waals surface area contributed by atoms with Gasteiger partial charge in [0.05, 0.1) is 13.2 Å². The quantitative estimate of drug-likeness (QED) is 0.745. The summed E-state index contributed by atoms with van der Waals surface area (Å²) in [4.78, 5) is 11.6. The van der Waals surface area contributed by atoms with Crippen LogP contribution in [-0.2, 0) is 9.53 Å². The lowest BCUT2D eigenvalue weighted by atomic mass is 10.1. The second kappa shape index (κ2) is 5.98. The van der Waals surface area contributed by atoms with Crippen LogP contribution in [0.15, 0.2) is 30.3 Å². The molecule has 4 heteroatoms. The maximum atomic E-state index is 11.6. The summed E-state index contributed by atoms with van der Waals surface area (Å²) in [5.74, 6) is 0.123. The number of nitrogens with one attached hydrogen (secondary N) is 1. The SMILES string of the molecule is COC(=O)C(NCC(O)c1ccccc1)C1CC1. The average Bonchev–Trinajstić information content (AvgIpc) is 3.24. The fourth-order valence-corrected chi connectivity index (χ4v) is 2.03. The number of hydrogen-bond donors (Lipinski definition) is 2. The molecule has 1 aromatic carbocycles. The van der Waals surface area contributed by atoms with Crippen LogP contribution in [0.4, 0.5) is 0 Å². The molecule has 0 heterocycles. The van der Waals surface area contributed by atoms with Gasteiger partial charge in [0, 0.05) is 6.54 Å². The molecule has 2 rings (SSSR count). The normalized spacial score (nSPS) is 18.1. The molecule has 0 saturated heterocycles. The highest BCUT2D eigenvalue weighted by Crippen LogP contribution is 2.33. The Labute approximate surface area is 107 Å². The van der Waals surface area contributed by atoms with Crippen molar-refractivity contribution < 1.29 is 14.6 Å². The first-order valence-electron chi connectivity index (χ1n) is 6.26. The summed E-state index contributed by atoms with van der Waals surface area (Å²) in [6.07, 6.45) is 1.50. The fraction of sp³-hybridized carbons (Fsp3) is 0.500. The number of aliphatic hydroxyl groups excluding tert-OH is 1. The first-order valence-corrected chi connectivity index (χ1v) is 6.26. The number of hydrogen-bond acceptors (Lipinski definition) is 4. The molecule has 2 atom stereocenters. The molecule has 1 aliphatic carbocycles. The highest BCUT2D eigenvalue weighted by molar-refractivity contribution is 5.76. The van der Waals surface area contributed by atoms with Gasteiger partial charge < -0.3 is 15.2 Å². The summed E-state index contributed by atoms with van der Waals surface area (Å²) in [6, 6.07) is 9.14. The van der Waals surface area contributed by atoms with Crippen molar-refractivity contribution in [3.8, 4) is 0 Å². The molecule has 2 N–H and O–H groups in total. The average molecular weight is 249 g/mol. The van der Waals surface area contributed by atoms with E-state index < -0.39 is 6.10 Å². The number of carbonyl (C=O) groups excluding carboxylic acids is 1. The first-order chi connectivity index (χ1) is 8.72. The van der Waals surface area contributed by atoms with Gasteiger partial charge in [-0.1, -0.05) is 30.3 Å². The summed E-state index contributed by atoms with van der Waals surface area (Å²) < 4.78 is 4.77. The Morgan fingerprint density at radius 1 is 1.44 bits per heavy atom. The predicted octanol–water partition coefficient (Wildman–Crippen LogP) is 1.26. The molecule has 1 fully saturated rings. The van der Waals surface area contributed by atoms with Gasteiger partial charge in [0.25, 0.3) is 0 Å². The molecule has 4 nitrogen and oxygen atoms in total. The first kappa shape index (κ1) is 13.1. The molecular weight excluding hydrogens is 230 g/mol. The van der Waals surface area contributed by atoms with Crippen molar-refractivity contribution in [1.82, 2.24) is 5.32 Å². The van der Waals surface area contributed by atoms with E-state index in [1.807, 2.05) is 30.3 Å². The molecule has 2 unspecified atom stereocenters. The molecule has 1 aromatic rings. The fourth-order valence-electron chi connectivity index (χ4n) is 2.03. The van der Waals surface area contributed by atoms with E-state index in [2.05, 4.69) is 5.32 Å². The van der Waals surface area contributed by atoms with E-state index in [1.54, 1.807) is 0 Å². The van der Waals surface area contributed by atoms with Crippen LogP contribution in [0, 0.1) is 5.92 Å². The van der Waals surface area contributed by atoms with E-state index in [-0.39, 0.29) is 12.0 Å². The third-order valence-corrected chi connectivity index (χ3v) is 3.26. The third kappa shape index (κ3) is 3.31. The highest BCUT2D eigenvalue weighted by atomic mass is 16.5. The topological polar surface area (TPSA) is 58.6 Å². The predicted molar refractivity (Wildman–Crippen MR) is 67.9 cm³/mol. The van der Waals surface area contributed by atoms with Crippen molar-refractivity contribution >= 4 is 5.97 Å². The van der Waals surface area contributed by atoms with Crippen LogP contribution in [-0.4, -0.2) is 30.8 Å². The maximum absolute atomic E-state index is 11.6. The molecule has 1 saturated carbocycles. The van der Waals surface area contributed by atoms with Crippen molar-refractivity contribution in [2.45, 2.75) is 25.0 Å². The lowest BCUT2D eigenvalue weighted by Crippen LogP contribution is -2.41. The number of aliphatic hydroxyl groups is 1. The van der Waals surface area contributed by atoms with Crippen LogP contribution in [0.25, 0.3) is 0 Å². The number of methoxy groups -OCH3 is 1. The summed E-state index contributed by atoms with van der Waals surface area (Å²) in [5.41, 5.74) is 0.851. The molecule has 0 amide bonds. The van der Waals surface area contributed by atoms with E-state index in [4.69, 9.17) is 4.74 Å². The second-order valence-corrected chi connectivity index (χ2v) is 4.67. The van der Waals surface area contributed by atoms with Crippen LogP contribution in [0.2, 0.25) is 0 Å². The Morgan fingerprint density at radius 3 is 2.67 bits per heavy atom. The highest BCUT2D eigenvalue weighted by Gasteiger charge is 2.36. The number of benzene rings is 1. The lowest BCUT2D eigenvalue weighted by molar-refractivity contribution is -0.143. The third-order valence-electron chi connectivity index (χ3n) is 3.26. The van der Waals surface area contributed by atoms with E-state index in [1.165, 1.54) is 7.11 Å². The maximum Gasteiger partial charge on any atom is 0.323 e. The largest absolute Gasteiger partial charge is 0.468 e. The van der Waals surface area contributed by atoms with Crippen molar-refractivity contribution in [3.05, 3.63) is 35.9 Å². The van der Waals surface area contributed by atoms with Gasteiger partial charge in [0.1, 0.15) is 6.04 Å². The molecule has 0 spiro atoms. The van der Waals surface area contributed by atoms with Gasteiger partial charge in [-0.25, -0.2) is 0 Å². The van der Waals surface area contributed by atoms with Crippen molar-refractivity contribution in [2.75, 3.05) is 13.7 Å². The summed E-state index contributed by atoms with van der Waals surface area (Å²) >= 11 is 0. The minimum Gasteiger partial charge on any atom is -0.468 e. The molecule has 0 aliphatic heterocycles. The smallest absolute Gasteiger partial charge is 0.323 e. The Kier molecular flexibility index (Phi) is 4.33. The van der Waals surface area contributed by atoms with Gasteiger partial charge in [-0.2, -0.15) is 0 Å². The number of esters is 1. The van der Waals surface area contributed by atoms with Gasteiger partial charge in [0.15, 0.2) is 0 Å². The van der Waals surface area contributed by atoms with Gasteiger partial charge >= 0.3 is 5.97 Å².